The molecule has 11 heteroatoms. The number of ether oxygens (including phenoxy) is 2. The number of nitrogens with one attached hydrogen (secondary N) is 1. The maximum Gasteiger partial charge on any atom is 0.322 e. The fourth-order valence-corrected chi connectivity index (χ4v) is 2.51. The van der Waals surface area contributed by atoms with Gasteiger partial charge in [-0.2, -0.15) is 0 Å². The Morgan fingerprint density at radius 1 is 1.14 bits per heavy atom. The predicted molar refractivity (Wildman–Crippen MR) is 98.9 cm³/mol. The molecule has 10 nitrogen and oxygen atoms in total. The van der Waals surface area contributed by atoms with Crippen molar-refractivity contribution in [3.8, 4) is 23.0 Å². The molecule has 0 aliphatic rings. The molecular weight excluding hydrogens is 392 g/mol. The van der Waals surface area contributed by atoms with Gasteiger partial charge in [0.25, 0.3) is 11.6 Å². The van der Waals surface area contributed by atoms with Crippen molar-refractivity contribution in [2.24, 2.45) is 0 Å². The number of nitro groups is 1. The van der Waals surface area contributed by atoms with Crippen molar-refractivity contribution in [1.29, 1.82) is 0 Å². The molecule has 0 fully saturated rings. The monoisotopic (exact) mass is 404 g/mol. The zero-order chi connectivity index (χ0) is 20.3. The van der Waals surface area contributed by atoms with E-state index >= 15 is 0 Å². The number of nitro benzene ring substituents is 1. The molecule has 2 aromatic carbocycles. The second kappa shape index (κ2) is 7.92. The van der Waals surface area contributed by atoms with Gasteiger partial charge in [0.15, 0.2) is 0 Å². The lowest BCUT2D eigenvalue weighted by molar-refractivity contribution is -0.385. The van der Waals surface area contributed by atoms with Gasteiger partial charge in [-0.25, -0.2) is 0 Å². The largest absolute Gasteiger partial charge is 0.497 e. The van der Waals surface area contributed by atoms with Crippen LogP contribution >= 0.6 is 11.6 Å². The number of methoxy groups -OCH3 is 2. The Kier molecular flexibility index (Phi) is 5.41. The second-order valence-electron chi connectivity index (χ2n) is 5.39. The molecule has 0 saturated heterocycles. The van der Waals surface area contributed by atoms with E-state index in [1.165, 1.54) is 26.4 Å². The van der Waals surface area contributed by atoms with Crippen molar-refractivity contribution in [3.05, 3.63) is 57.1 Å². The fourth-order valence-electron chi connectivity index (χ4n) is 2.34. The molecule has 3 aromatic rings. The summed E-state index contributed by atoms with van der Waals surface area (Å²) in [6, 6.07) is 8.35. The summed E-state index contributed by atoms with van der Waals surface area (Å²) in [5.41, 5.74) is -0.141. The Morgan fingerprint density at radius 3 is 2.43 bits per heavy atom. The van der Waals surface area contributed by atoms with Gasteiger partial charge in [-0.3, -0.25) is 20.2 Å². The highest BCUT2D eigenvalue weighted by Crippen LogP contribution is 2.30. The Labute approximate surface area is 163 Å². The predicted octanol–water partition coefficient (Wildman–Crippen LogP) is 3.57. The molecule has 144 valence electrons. The number of nitrogens with zero attached hydrogens (tertiary/aromatic N) is 3. The van der Waals surface area contributed by atoms with E-state index in [0.717, 1.165) is 6.07 Å². The topological polar surface area (TPSA) is 130 Å². The first-order chi connectivity index (χ1) is 13.4. The van der Waals surface area contributed by atoms with Crippen molar-refractivity contribution in [2.75, 3.05) is 19.5 Å². The van der Waals surface area contributed by atoms with Crippen LogP contribution in [-0.4, -0.2) is 35.2 Å². The number of anilines is 1. The number of aromatic nitrogens is 2. The second-order valence-corrected chi connectivity index (χ2v) is 5.82. The third-order valence-corrected chi connectivity index (χ3v) is 3.88. The summed E-state index contributed by atoms with van der Waals surface area (Å²) < 4.78 is 15.8. The molecule has 28 heavy (non-hydrogen) atoms. The third-order valence-electron chi connectivity index (χ3n) is 3.64. The van der Waals surface area contributed by atoms with Crippen molar-refractivity contribution in [1.82, 2.24) is 10.2 Å². The van der Waals surface area contributed by atoms with Crippen LogP contribution in [0.1, 0.15) is 10.4 Å². The van der Waals surface area contributed by atoms with E-state index in [1.54, 1.807) is 18.2 Å². The minimum absolute atomic E-state index is 0.0908. The molecule has 3 rings (SSSR count). The molecule has 1 heterocycles. The SMILES string of the molecule is COc1cc(OC)cc(-c2nnc(NC(=O)c3cc(Cl)ccc3[N+](=O)[O-])o2)c1. The molecule has 0 atom stereocenters. The molecule has 0 aliphatic heterocycles. The van der Waals surface area contributed by atoms with Crippen LogP contribution in [0.2, 0.25) is 5.02 Å². The molecule has 0 bridgehead atoms. The maximum atomic E-state index is 12.4. The smallest absolute Gasteiger partial charge is 0.322 e. The highest BCUT2D eigenvalue weighted by atomic mass is 35.5. The van der Waals surface area contributed by atoms with E-state index in [1.807, 2.05) is 0 Å². The van der Waals surface area contributed by atoms with E-state index < -0.39 is 16.5 Å². The molecule has 1 aromatic heterocycles. The molecule has 0 unspecified atom stereocenters. The first-order valence-corrected chi connectivity index (χ1v) is 8.11. The summed E-state index contributed by atoms with van der Waals surface area (Å²) in [6.45, 7) is 0. The minimum atomic E-state index is -0.812. The number of rotatable bonds is 6. The van der Waals surface area contributed by atoms with Gasteiger partial charge in [-0.05, 0) is 24.3 Å². The lowest BCUT2D eigenvalue weighted by Crippen LogP contribution is -2.14. The van der Waals surface area contributed by atoms with Crippen molar-refractivity contribution in [2.45, 2.75) is 0 Å². The van der Waals surface area contributed by atoms with Crippen molar-refractivity contribution < 1.29 is 23.6 Å². The number of amides is 1. The van der Waals surface area contributed by atoms with Crippen LogP contribution < -0.4 is 14.8 Å². The van der Waals surface area contributed by atoms with Crippen LogP contribution in [0, 0.1) is 10.1 Å². The Hall–Kier alpha value is -3.66. The third kappa shape index (κ3) is 4.01. The van der Waals surface area contributed by atoms with Gasteiger partial charge in [-0.15, -0.1) is 5.10 Å². The Morgan fingerprint density at radius 2 is 1.82 bits per heavy atom. The van der Waals surface area contributed by atoms with Gasteiger partial charge >= 0.3 is 6.01 Å². The van der Waals surface area contributed by atoms with Gasteiger partial charge < -0.3 is 13.9 Å². The number of benzene rings is 2. The number of halogens is 1. The van der Waals surface area contributed by atoms with E-state index in [4.69, 9.17) is 25.5 Å². The molecule has 1 N–H and O–H groups in total. The number of carbonyl (C=O) groups excluding carboxylic acids is 1. The van der Waals surface area contributed by atoms with Gasteiger partial charge in [0, 0.05) is 22.7 Å². The summed E-state index contributed by atoms with van der Waals surface area (Å²) in [4.78, 5) is 22.8. The molecule has 0 radical (unpaired) electrons. The molecule has 0 aliphatic carbocycles. The van der Waals surface area contributed by atoms with Gasteiger partial charge in [0.2, 0.25) is 5.89 Å². The van der Waals surface area contributed by atoms with E-state index in [0.29, 0.717) is 17.1 Å². The van der Waals surface area contributed by atoms with Crippen LogP contribution in [0.15, 0.2) is 40.8 Å². The van der Waals surface area contributed by atoms with Gasteiger partial charge in [0.1, 0.15) is 17.1 Å². The normalized spacial score (nSPS) is 10.4. The van der Waals surface area contributed by atoms with Crippen molar-refractivity contribution in [3.63, 3.8) is 0 Å². The van der Waals surface area contributed by atoms with Gasteiger partial charge in [0.05, 0.1) is 19.1 Å². The minimum Gasteiger partial charge on any atom is -0.497 e. The fraction of sp³-hybridized carbons (Fsp3) is 0.118. The van der Waals surface area contributed by atoms with E-state index in [-0.39, 0.29) is 22.5 Å². The summed E-state index contributed by atoms with van der Waals surface area (Å²) in [6.07, 6.45) is 0. The van der Waals surface area contributed by atoms with Crippen LogP contribution in [0.3, 0.4) is 0 Å². The Bertz CT molecular complexity index is 1030. The quantitative estimate of drug-likeness (QED) is 0.487. The molecular formula is C17H13ClN4O6. The van der Waals surface area contributed by atoms with E-state index in [9.17, 15) is 14.9 Å². The number of hydrogen-bond donors (Lipinski definition) is 1. The zero-order valence-electron chi connectivity index (χ0n) is 14.6. The summed E-state index contributed by atoms with van der Waals surface area (Å²) >= 11 is 5.83. The number of hydrogen-bond acceptors (Lipinski definition) is 8. The van der Waals surface area contributed by atoms with Crippen LogP contribution in [0.4, 0.5) is 11.7 Å². The lowest BCUT2D eigenvalue weighted by Gasteiger charge is -2.05. The van der Waals surface area contributed by atoms with Crippen LogP contribution in [-0.2, 0) is 0 Å². The first kappa shape index (κ1) is 19.1. The molecule has 1 amide bonds. The summed E-state index contributed by atoms with van der Waals surface area (Å²) in [5, 5.41) is 21.2. The van der Waals surface area contributed by atoms with Crippen molar-refractivity contribution >= 4 is 29.2 Å². The average molecular weight is 405 g/mol. The lowest BCUT2D eigenvalue weighted by atomic mass is 10.1. The highest BCUT2D eigenvalue weighted by Gasteiger charge is 2.22. The first-order valence-electron chi connectivity index (χ1n) is 7.73. The highest BCUT2D eigenvalue weighted by molar-refractivity contribution is 6.31. The van der Waals surface area contributed by atoms with Gasteiger partial charge in [-0.1, -0.05) is 16.7 Å². The maximum absolute atomic E-state index is 12.4. The zero-order valence-corrected chi connectivity index (χ0v) is 15.4. The van der Waals surface area contributed by atoms with Crippen LogP contribution in [0.5, 0.6) is 11.5 Å². The standard InChI is InChI=1S/C17H13ClN4O6/c1-26-11-5-9(6-12(8-11)27-2)16-20-21-17(28-16)19-15(23)13-7-10(18)3-4-14(13)22(24)25/h3-8H,1-2H3,(H,19,21,23). The summed E-state index contributed by atoms with van der Waals surface area (Å²) in [7, 11) is 2.99. The number of carbonyl (C=O) groups is 1. The molecule has 0 spiro atoms. The van der Waals surface area contributed by atoms with E-state index in [2.05, 4.69) is 15.5 Å². The summed E-state index contributed by atoms with van der Waals surface area (Å²) in [5.74, 6) is 0.293. The average Bonchev–Trinajstić information content (AvgIpc) is 3.15. The van der Waals surface area contributed by atoms with Crippen LogP contribution in [0.25, 0.3) is 11.5 Å². The Balaban J connectivity index is 1.87. The molecule has 0 saturated carbocycles.